The second kappa shape index (κ2) is 5.94. The summed E-state index contributed by atoms with van der Waals surface area (Å²) in [6.45, 7) is 1.53. The highest BCUT2D eigenvalue weighted by Crippen LogP contribution is 2.39. The minimum Gasteiger partial charge on any atom is -0.327 e. The smallest absolute Gasteiger partial charge is 0.327 e. The first-order chi connectivity index (χ1) is 10.1. The Morgan fingerprint density at radius 2 is 1.82 bits per heavy atom. The van der Waals surface area contributed by atoms with Gasteiger partial charge < -0.3 is 4.98 Å². The lowest BCUT2D eigenvalue weighted by molar-refractivity contribution is -0.181. The highest BCUT2D eigenvalue weighted by atomic mass is 32.2. The summed E-state index contributed by atoms with van der Waals surface area (Å²) in [5.41, 5.74) is 0.227. The number of alkyl halides is 3. The average molecular weight is 338 g/mol. The number of hydrogen-bond acceptors (Lipinski definition) is 3. The fraction of sp³-hybridized carbons (Fsp3) is 0.615. The number of pyridine rings is 1. The number of H-pyrrole nitrogens is 1. The highest BCUT2D eigenvalue weighted by Gasteiger charge is 2.43. The van der Waals surface area contributed by atoms with Gasteiger partial charge in [0.2, 0.25) is 10.0 Å². The zero-order chi connectivity index (χ0) is 16.5. The molecule has 1 aromatic rings. The Hall–Kier alpha value is -1.51. The molecule has 5 nitrogen and oxygen atoms in total. The van der Waals surface area contributed by atoms with Crippen LogP contribution in [0.1, 0.15) is 31.2 Å². The molecular formula is C13H17F3N2O3S. The molecule has 1 saturated carbocycles. The molecule has 0 aliphatic heterocycles. The molecule has 1 aliphatic carbocycles. The summed E-state index contributed by atoms with van der Waals surface area (Å²) < 4.78 is 64.6. The van der Waals surface area contributed by atoms with E-state index >= 15 is 0 Å². The first kappa shape index (κ1) is 16.9. The van der Waals surface area contributed by atoms with Gasteiger partial charge in [-0.05, 0) is 38.7 Å². The number of sulfonamides is 1. The van der Waals surface area contributed by atoms with Crippen LogP contribution in [0.15, 0.2) is 17.1 Å². The zero-order valence-electron chi connectivity index (χ0n) is 11.9. The largest absolute Gasteiger partial charge is 0.391 e. The van der Waals surface area contributed by atoms with Crippen molar-refractivity contribution >= 4 is 15.7 Å². The van der Waals surface area contributed by atoms with Crippen molar-refractivity contribution < 1.29 is 21.6 Å². The van der Waals surface area contributed by atoms with Crippen LogP contribution in [0.2, 0.25) is 0 Å². The van der Waals surface area contributed by atoms with Crippen molar-refractivity contribution in [2.24, 2.45) is 5.92 Å². The Bertz CT molecular complexity index is 689. The first-order valence-corrected chi connectivity index (χ1v) is 8.42. The molecule has 1 aromatic heterocycles. The second-order valence-electron chi connectivity index (χ2n) is 5.56. The van der Waals surface area contributed by atoms with E-state index in [0.29, 0.717) is 5.56 Å². The van der Waals surface area contributed by atoms with Gasteiger partial charge in [0.25, 0.3) is 5.56 Å². The van der Waals surface area contributed by atoms with Gasteiger partial charge in [0, 0.05) is 11.8 Å². The lowest BCUT2D eigenvalue weighted by Crippen LogP contribution is -2.35. The molecule has 0 amide bonds. The van der Waals surface area contributed by atoms with Crippen molar-refractivity contribution in [3.63, 3.8) is 0 Å². The summed E-state index contributed by atoms with van der Waals surface area (Å²) in [6.07, 6.45) is -3.45. The molecular weight excluding hydrogens is 321 g/mol. The highest BCUT2D eigenvalue weighted by molar-refractivity contribution is 7.93. The van der Waals surface area contributed by atoms with Crippen molar-refractivity contribution in [2.75, 3.05) is 4.72 Å². The maximum Gasteiger partial charge on any atom is 0.391 e. The van der Waals surface area contributed by atoms with Crippen LogP contribution in [0.3, 0.4) is 0 Å². The summed E-state index contributed by atoms with van der Waals surface area (Å²) >= 11 is 0. The van der Waals surface area contributed by atoms with Crippen LogP contribution < -0.4 is 10.3 Å². The van der Waals surface area contributed by atoms with Crippen LogP contribution in [0.4, 0.5) is 18.9 Å². The van der Waals surface area contributed by atoms with Crippen LogP contribution in [-0.4, -0.2) is 24.8 Å². The van der Waals surface area contributed by atoms with Gasteiger partial charge in [-0.2, -0.15) is 13.2 Å². The van der Waals surface area contributed by atoms with Gasteiger partial charge in [0.05, 0.1) is 16.9 Å². The predicted molar refractivity (Wildman–Crippen MR) is 76.1 cm³/mol. The van der Waals surface area contributed by atoms with Crippen LogP contribution in [-0.2, 0) is 10.0 Å². The number of halogens is 3. The van der Waals surface area contributed by atoms with E-state index < -0.39 is 27.4 Å². The van der Waals surface area contributed by atoms with Gasteiger partial charge in [0.1, 0.15) is 0 Å². The Kier molecular flexibility index (Phi) is 4.55. The molecule has 0 saturated heterocycles. The van der Waals surface area contributed by atoms with Crippen LogP contribution >= 0.6 is 0 Å². The maximum atomic E-state index is 12.6. The minimum absolute atomic E-state index is 0.0259. The van der Waals surface area contributed by atoms with Gasteiger partial charge in [-0.15, -0.1) is 0 Å². The summed E-state index contributed by atoms with van der Waals surface area (Å²) in [6, 6.07) is 1.39. The lowest BCUT2D eigenvalue weighted by atomic mass is 9.88. The molecule has 1 fully saturated rings. The maximum absolute atomic E-state index is 12.6. The van der Waals surface area contributed by atoms with E-state index in [1.807, 2.05) is 0 Å². The van der Waals surface area contributed by atoms with E-state index in [2.05, 4.69) is 9.71 Å². The fourth-order valence-corrected chi connectivity index (χ4v) is 4.11. The second-order valence-corrected chi connectivity index (χ2v) is 7.52. The third kappa shape index (κ3) is 3.82. The number of nitrogens with one attached hydrogen (secondary N) is 2. The van der Waals surface area contributed by atoms with Gasteiger partial charge >= 0.3 is 6.18 Å². The fourth-order valence-electron chi connectivity index (χ4n) is 2.60. The van der Waals surface area contributed by atoms with E-state index in [1.165, 1.54) is 19.2 Å². The summed E-state index contributed by atoms with van der Waals surface area (Å²) in [7, 11) is -3.77. The monoisotopic (exact) mass is 338 g/mol. The van der Waals surface area contributed by atoms with Gasteiger partial charge in [-0.25, -0.2) is 8.42 Å². The molecule has 0 atom stereocenters. The van der Waals surface area contributed by atoms with E-state index in [4.69, 9.17) is 0 Å². The molecule has 22 heavy (non-hydrogen) atoms. The number of hydrogen-bond donors (Lipinski definition) is 2. The number of aromatic amines is 1. The summed E-state index contributed by atoms with van der Waals surface area (Å²) in [5.74, 6) is -1.42. The lowest BCUT2D eigenvalue weighted by Gasteiger charge is -2.29. The molecule has 2 rings (SSSR count). The zero-order valence-corrected chi connectivity index (χ0v) is 12.7. The molecule has 0 unspecified atom stereocenters. The van der Waals surface area contributed by atoms with Gasteiger partial charge in [0.15, 0.2) is 0 Å². The molecule has 2 N–H and O–H groups in total. The van der Waals surface area contributed by atoms with Crippen LogP contribution in [0, 0.1) is 12.8 Å². The Morgan fingerprint density at radius 3 is 2.32 bits per heavy atom. The molecule has 0 spiro atoms. The van der Waals surface area contributed by atoms with Gasteiger partial charge in [-0.3, -0.25) is 9.52 Å². The number of anilines is 1. The minimum atomic E-state index is -4.27. The molecule has 9 heteroatoms. The van der Waals surface area contributed by atoms with Crippen LogP contribution in [0.5, 0.6) is 0 Å². The van der Waals surface area contributed by atoms with Crippen molar-refractivity contribution in [1.29, 1.82) is 0 Å². The average Bonchev–Trinajstić information content (AvgIpc) is 2.42. The first-order valence-electron chi connectivity index (χ1n) is 6.87. The van der Waals surface area contributed by atoms with Crippen molar-refractivity contribution in [2.45, 2.75) is 44.0 Å². The summed E-state index contributed by atoms with van der Waals surface area (Å²) in [5, 5.41) is -0.849. The van der Waals surface area contributed by atoms with E-state index in [9.17, 15) is 26.4 Å². The molecule has 1 aliphatic rings. The predicted octanol–water partition coefficient (Wildman–Crippen LogP) is 2.55. The number of rotatable bonds is 3. The van der Waals surface area contributed by atoms with E-state index in [-0.39, 0.29) is 36.9 Å². The molecule has 1 heterocycles. The van der Waals surface area contributed by atoms with E-state index in [0.717, 1.165) is 0 Å². The van der Waals surface area contributed by atoms with Crippen molar-refractivity contribution in [1.82, 2.24) is 4.98 Å². The molecule has 0 bridgehead atoms. The SMILES string of the molecule is Cc1cc(NS(=O)(=O)C2CCC(C(F)(F)F)CC2)c[nH]c1=O. The standard InChI is InChI=1S/C13H17F3N2O3S/c1-8-6-10(7-17-12(8)19)18-22(20,21)11-4-2-9(3-5-11)13(14,15)16/h6-7,9,11,18H,2-5H2,1H3,(H,17,19). The molecule has 124 valence electrons. The van der Waals surface area contributed by atoms with E-state index in [1.54, 1.807) is 0 Å². The third-order valence-corrected chi connectivity index (χ3v) is 5.79. The Balaban J connectivity index is 2.05. The van der Waals surface area contributed by atoms with Crippen LogP contribution in [0.25, 0.3) is 0 Å². The normalized spacial score (nSPS) is 23.3. The molecule has 0 aromatic carbocycles. The quantitative estimate of drug-likeness (QED) is 0.889. The number of aromatic nitrogens is 1. The molecule has 0 radical (unpaired) electrons. The third-order valence-electron chi connectivity index (χ3n) is 3.92. The Labute approximate surface area is 126 Å². The summed E-state index contributed by atoms with van der Waals surface area (Å²) in [4.78, 5) is 13.6. The Morgan fingerprint density at radius 1 is 1.23 bits per heavy atom. The topological polar surface area (TPSA) is 79.0 Å². The van der Waals surface area contributed by atoms with Crippen molar-refractivity contribution in [3.8, 4) is 0 Å². The van der Waals surface area contributed by atoms with Gasteiger partial charge in [-0.1, -0.05) is 0 Å². The number of aryl methyl sites for hydroxylation is 1. The van der Waals surface area contributed by atoms with Crippen molar-refractivity contribution in [3.05, 3.63) is 28.2 Å².